The molecule has 0 saturated carbocycles. The van der Waals surface area contributed by atoms with Crippen molar-refractivity contribution in [3.8, 4) is 0 Å². The number of thioether (sulfide) groups is 1. The summed E-state index contributed by atoms with van der Waals surface area (Å²) in [6, 6.07) is 17.4. The lowest BCUT2D eigenvalue weighted by molar-refractivity contribution is -0.114. The lowest BCUT2D eigenvalue weighted by Gasteiger charge is -2.11. The smallest absolute Gasteiger partial charge is 0.221 e. The average molecular weight is 331 g/mol. The molecule has 0 aliphatic rings. The van der Waals surface area contributed by atoms with Crippen LogP contribution in [0.3, 0.4) is 0 Å². The number of nitrogens with one attached hydrogen (secondary N) is 1. The van der Waals surface area contributed by atoms with E-state index in [9.17, 15) is 9.90 Å². The van der Waals surface area contributed by atoms with E-state index in [2.05, 4.69) is 5.32 Å². The fourth-order valence-corrected chi connectivity index (χ4v) is 2.77. The lowest BCUT2D eigenvalue weighted by atomic mass is 10.2. The van der Waals surface area contributed by atoms with Gasteiger partial charge in [-0.3, -0.25) is 4.79 Å². The van der Waals surface area contributed by atoms with Crippen molar-refractivity contribution in [1.82, 2.24) is 0 Å². The molecule has 2 aromatic carbocycles. The SMILES string of the molecule is CC(=O)Nc1ccc(SC[C@H](O)COCc2ccccc2)cc1. The summed E-state index contributed by atoms with van der Waals surface area (Å²) in [4.78, 5) is 12.0. The zero-order valence-electron chi connectivity index (χ0n) is 13.1. The first-order valence-corrected chi connectivity index (χ1v) is 8.42. The third kappa shape index (κ3) is 6.86. The predicted molar refractivity (Wildman–Crippen MR) is 93.6 cm³/mol. The lowest BCUT2D eigenvalue weighted by Crippen LogP contribution is -2.17. The van der Waals surface area contributed by atoms with Gasteiger partial charge in [-0.1, -0.05) is 30.3 Å². The molecule has 0 aliphatic carbocycles. The van der Waals surface area contributed by atoms with Gasteiger partial charge in [0.05, 0.1) is 19.3 Å². The molecule has 0 aromatic heterocycles. The summed E-state index contributed by atoms with van der Waals surface area (Å²) in [7, 11) is 0. The molecule has 0 aliphatic heterocycles. The van der Waals surface area contributed by atoms with Crippen LogP contribution < -0.4 is 5.32 Å². The monoisotopic (exact) mass is 331 g/mol. The van der Waals surface area contributed by atoms with E-state index in [0.29, 0.717) is 19.0 Å². The fraction of sp³-hybridized carbons (Fsp3) is 0.278. The van der Waals surface area contributed by atoms with Crippen LogP contribution in [-0.2, 0) is 16.1 Å². The van der Waals surface area contributed by atoms with Gasteiger partial charge in [0.25, 0.3) is 0 Å². The van der Waals surface area contributed by atoms with Gasteiger partial charge in [-0.15, -0.1) is 11.8 Å². The van der Waals surface area contributed by atoms with Crippen LogP contribution in [0.2, 0.25) is 0 Å². The van der Waals surface area contributed by atoms with Crippen molar-refractivity contribution >= 4 is 23.4 Å². The second-order valence-corrected chi connectivity index (χ2v) is 6.26. The van der Waals surface area contributed by atoms with Crippen molar-refractivity contribution < 1.29 is 14.6 Å². The normalized spacial score (nSPS) is 11.9. The Kier molecular flexibility index (Phi) is 7.13. The summed E-state index contributed by atoms with van der Waals surface area (Å²) in [5, 5.41) is 12.7. The number of hydrogen-bond acceptors (Lipinski definition) is 4. The fourth-order valence-electron chi connectivity index (χ4n) is 1.97. The van der Waals surface area contributed by atoms with Crippen molar-refractivity contribution in [3.63, 3.8) is 0 Å². The first-order chi connectivity index (χ1) is 11.1. The Hall–Kier alpha value is -1.82. The summed E-state index contributed by atoms with van der Waals surface area (Å²) in [5.41, 5.74) is 1.87. The number of benzene rings is 2. The van der Waals surface area contributed by atoms with E-state index in [1.54, 1.807) is 11.8 Å². The Balaban J connectivity index is 1.67. The first kappa shape index (κ1) is 17.5. The molecule has 122 valence electrons. The van der Waals surface area contributed by atoms with E-state index in [-0.39, 0.29) is 5.91 Å². The molecule has 2 N–H and O–H groups in total. The van der Waals surface area contributed by atoms with E-state index in [0.717, 1.165) is 16.1 Å². The Morgan fingerprint density at radius 2 is 1.87 bits per heavy atom. The second kappa shape index (κ2) is 9.35. The zero-order valence-corrected chi connectivity index (χ0v) is 13.9. The molecule has 0 radical (unpaired) electrons. The minimum absolute atomic E-state index is 0.0867. The maximum Gasteiger partial charge on any atom is 0.221 e. The summed E-state index contributed by atoms with van der Waals surface area (Å²) in [6.07, 6.45) is -0.515. The molecule has 0 bridgehead atoms. The number of aliphatic hydroxyl groups excluding tert-OH is 1. The summed E-state index contributed by atoms with van der Waals surface area (Å²) >= 11 is 1.56. The van der Waals surface area contributed by atoms with E-state index in [1.807, 2.05) is 54.6 Å². The maximum absolute atomic E-state index is 11.0. The number of amides is 1. The van der Waals surface area contributed by atoms with Gasteiger partial charge in [0, 0.05) is 23.3 Å². The van der Waals surface area contributed by atoms with Crippen molar-refractivity contribution in [3.05, 3.63) is 60.2 Å². The summed E-state index contributed by atoms with van der Waals surface area (Å²) in [5.74, 6) is 0.477. The van der Waals surface area contributed by atoms with E-state index in [1.165, 1.54) is 6.92 Å². The molecular weight excluding hydrogens is 310 g/mol. The van der Waals surface area contributed by atoms with Gasteiger partial charge in [-0.25, -0.2) is 0 Å². The third-order valence-corrected chi connectivity index (χ3v) is 4.20. The number of aliphatic hydroxyl groups is 1. The quantitative estimate of drug-likeness (QED) is 0.729. The average Bonchev–Trinajstić information content (AvgIpc) is 2.55. The van der Waals surface area contributed by atoms with Crippen LogP contribution in [0.5, 0.6) is 0 Å². The van der Waals surface area contributed by atoms with Gasteiger partial charge >= 0.3 is 0 Å². The third-order valence-electron chi connectivity index (χ3n) is 3.04. The zero-order chi connectivity index (χ0) is 16.5. The molecule has 1 atom stereocenters. The molecule has 1 amide bonds. The van der Waals surface area contributed by atoms with Gasteiger partial charge in [-0.05, 0) is 29.8 Å². The molecule has 5 heteroatoms. The van der Waals surface area contributed by atoms with Crippen LogP contribution in [0.15, 0.2) is 59.5 Å². The molecule has 0 unspecified atom stereocenters. The van der Waals surface area contributed by atoms with Gasteiger partial charge in [0.2, 0.25) is 5.91 Å². The number of hydrogen-bond donors (Lipinski definition) is 2. The van der Waals surface area contributed by atoms with Crippen molar-refractivity contribution in [2.75, 3.05) is 17.7 Å². The highest BCUT2D eigenvalue weighted by Gasteiger charge is 2.06. The second-order valence-electron chi connectivity index (χ2n) is 5.17. The van der Waals surface area contributed by atoms with Crippen LogP contribution in [0.25, 0.3) is 0 Å². The topological polar surface area (TPSA) is 58.6 Å². The molecule has 2 aromatic rings. The van der Waals surface area contributed by atoms with Gasteiger partial charge in [0.1, 0.15) is 0 Å². The Bertz CT molecular complexity index is 601. The van der Waals surface area contributed by atoms with Crippen LogP contribution >= 0.6 is 11.8 Å². The molecule has 0 saturated heterocycles. The van der Waals surface area contributed by atoms with E-state index < -0.39 is 6.10 Å². The Morgan fingerprint density at radius 1 is 1.17 bits per heavy atom. The predicted octanol–water partition coefficient (Wildman–Crippen LogP) is 3.31. The van der Waals surface area contributed by atoms with E-state index >= 15 is 0 Å². The summed E-state index contributed by atoms with van der Waals surface area (Å²) in [6.45, 7) is 2.30. The first-order valence-electron chi connectivity index (χ1n) is 7.43. The maximum atomic E-state index is 11.0. The molecule has 2 rings (SSSR count). The number of carbonyl (C=O) groups is 1. The van der Waals surface area contributed by atoms with Crippen molar-refractivity contribution in [1.29, 1.82) is 0 Å². The number of rotatable bonds is 8. The summed E-state index contributed by atoms with van der Waals surface area (Å²) < 4.78 is 5.52. The standard InChI is InChI=1S/C18H21NO3S/c1-14(20)19-16-7-9-18(10-8-16)23-13-17(21)12-22-11-15-5-3-2-4-6-15/h2-10,17,21H,11-13H2,1H3,(H,19,20)/t17-/m1/s1. The van der Waals surface area contributed by atoms with Gasteiger partial charge < -0.3 is 15.2 Å². The Labute approximate surface area is 140 Å². The molecule has 0 spiro atoms. The van der Waals surface area contributed by atoms with Crippen LogP contribution in [0, 0.1) is 0 Å². The molecule has 4 nitrogen and oxygen atoms in total. The minimum Gasteiger partial charge on any atom is -0.390 e. The van der Waals surface area contributed by atoms with E-state index in [4.69, 9.17) is 4.74 Å². The molecule has 23 heavy (non-hydrogen) atoms. The van der Waals surface area contributed by atoms with Crippen molar-refractivity contribution in [2.24, 2.45) is 0 Å². The molecule has 0 fully saturated rings. The largest absolute Gasteiger partial charge is 0.390 e. The van der Waals surface area contributed by atoms with Gasteiger partial charge in [-0.2, -0.15) is 0 Å². The van der Waals surface area contributed by atoms with Crippen LogP contribution in [-0.4, -0.2) is 29.5 Å². The van der Waals surface area contributed by atoms with Crippen LogP contribution in [0.4, 0.5) is 5.69 Å². The van der Waals surface area contributed by atoms with Crippen LogP contribution in [0.1, 0.15) is 12.5 Å². The molecular formula is C18H21NO3S. The number of anilines is 1. The highest BCUT2D eigenvalue weighted by Crippen LogP contribution is 2.21. The highest BCUT2D eigenvalue weighted by atomic mass is 32.2. The number of carbonyl (C=O) groups excluding carboxylic acids is 1. The highest BCUT2D eigenvalue weighted by molar-refractivity contribution is 7.99. The minimum atomic E-state index is -0.515. The number of ether oxygens (including phenoxy) is 1. The van der Waals surface area contributed by atoms with Crippen molar-refractivity contribution in [2.45, 2.75) is 24.5 Å². The molecule has 0 heterocycles. The van der Waals surface area contributed by atoms with Gasteiger partial charge in [0.15, 0.2) is 0 Å². The Morgan fingerprint density at radius 3 is 2.52 bits per heavy atom.